The maximum absolute atomic E-state index is 11.9. The van der Waals surface area contributed by atoms with Gasteiger partial charge in [0.2, 0.25) is 5.91 Å². The molecular weight excluding hydrogens is 290 g/mol. The van der Waals surface area contributed by atoms with E-state index >= 15 is 0 Å². The van der Waals surface area contributed by atoms with Crippen molar-refractivity contribution in [1.29, 1.82) is 0 Å². The SMILES string of the molecule is C=CC(=O)N1Cc2sc(Cl)cc2[C@H](c2ccccc2)C1. The van der Waals surface area contributed by atoms with Crippen LogP contribution in [0.2, 0.25) is 4.34 Å². The molecule has 1 aromatic carbocycles. The summed E-state index contributed by atoms with van der Waals surface area (Å²) >= 11 is 7.72. The van der Waals surface area contributed by atoms with Crippen molar-refractivity contribution < 1.29 is 4.79 Å². The van der Waals surface area contributed by atoms with Gasteiger partial charge in [-0.15, -0.1) is 11.3 Å². The van der Waals surface area contributed by atoms with Gasteiger partial charge in [-0.2, -0.15) is 0 Å². The molecule has 0 saturated heterocycles. The quantitative estimate of drug-likeness (QED) is 0.766. The molecule has 20 heavy (non-hydrogen) atoms. The maximum Gasteiger partial charge on any atom is 0.246 e. The van der Waals surface area contributed by atoms with Crippen LogP contribution in [0.15, 0.2) is 49.1 Å². The standard InChI is InChI=1S/C16H14ClNOS/c1-2-16(19)18-9-13(11-6-4-3-5-7-11)12-8-15(17)20-14(12)10-18/h2-8,13H,1,9-10H2/t13-/m0/s1. The van der Waals surface area contributed by atoms with Gasteiger partial charge < -0.3 is 4.90 Å². The summed E-state index contributed by atoms with van der Waals surface area (Å²) in [6.45, 7) is 4.88. The summed E-state index contributed by atoms with van der Waals surface area (Å²) in [5, 5.41) is 0. The summed E-state index contributed by atoms with van der Waals surface area (Å²) in [6.07, 6.45) is 1.38. The van der Waals surface area contributed by atoms with Gasteiger partial charge in [0, 0.05) is 17.3 Å². The topological polar surface area (TPSA) is 20.3 Å². The highest BCUT2D eigenvalue weighted by atomic mass is 35.5. The summed E-state index contributed by atoms with van der Waals surface area (Å²) < 4.78 is 0.781. The van der Waals surface area contributed by atoms with E-state index in [0.29, 0.717) is 13.1 Å². The van der Waals surface area contributed by atoms with E-state index in [1.807, 2.05) is 29.2 Å². The fraction of sp³-hybridized carbons (Fsp3) is 0.188. The molecule has 1 aliphatic heterocycles. The fourth-order valence-corrected chi connectivity index (χ4v) is 4.01. The fourth-order valence-electron chi connectivity index (χ4n) is 2.65. The molecule has 0 bridgehead atoms. The number of carbonyl (C=O) groups is 1. The summed E-state index contributed by atoms with van der Waals surface area (Å²) in [4.78, 5) is 14.9. The van der Waals surface area contributed by atoms with Crippen molar-refractivity contribution in [2.24, 2.45) is 0 Å². The van der Waals surface area contributed by atoms with Gasteiger partial charge in [0.05, 0.1) is 10.9 Å². The second-order valence-corrected chi connectivity index (χ2v) is 6.58. The third kappa shape index (κ3) is 2.39. The average Bonchev–Trinajstić information content (AvgIpc) is 2.86. The van der Waals surface area contributed by atoms with Gasteiger partial charge in [-0.25, -0.2) is 0 Å². The molecule has 102 valence electrons. The van der Waals surface area contributed by atoms with Crippen molar-refractivity contribution in [3.05, 3.63) is 69.4 Å². The predicted octanol–water partition coefficient (Wildman–Crippen LogP) is 4.06. The van der Waals surface area contributed by atoms with Crippen LogP contribution in [-0.2, 0) is 11.3 Å². The molecule has 1 atom stereocenters. The molecule has 2 aromatic rings. The Bertz CT molecular complexity index is 650. The van der Waals surface area contributed by atoms with Gasteiger partial charge >= 0.3 is 0 Å². The van der Waals surface area contributed by atoms with Crippen LogP contribution in [0, 0.1) is 0 Å². The summed E-state index contributed by atoms with van der Waals surface area (Å²) in [7, 11) is 0. The number of nitrogens with zero attached hydrogens (tertiary/aromatic N) is 1. The van der Waals surface area contributed by atoms with Crippen molar-refractivity contribution in [1.82, 2.24) is 4.90 Å². The van der Waals surface area contributed by atoms with Crippen LogP contribution < -0.4 is 0 Å². The lowest BCUT2D eigenvalue weighted by molar-refractivity contribution is -0.127. The zero-order chi connectivity index (χ0) is 14.1. The number of halogens is 1. The lowest BCUT2D eigenvalue weighted by atomic mass is 9.88. The van der Waals surface area contributed by atoms with Crippen LogP contribution >= 0.6 is 22.9 Å². The molecule has 3 rings (SSSR count). The Hall–Kier alpha value is -1.58. The van der Waals surface area contributed by atoms with Crippen LogP contribution in [0.3, 0.4) is 0 Å². The van der Waals surface area contributed by atoms with E-state index in [4.69, 9.17) is 11.6 Å². The van der Waals surface area contributed by atoms with E-state index in [9.17, 15) is 4.79 Å². The molecule has 0 saturated carbocycles. The Morgan fingerprint density at radius 2 is 2.15 bits per heavy atom. The molecule has 4 heteroatoms. The first kappa shape index (κ1) is 13.4. The van der Waals surface area contributed by atoms with Gasteiger partial charge in [0.1, 0.15) is 0 Å². The normalized spacial score (nSPS) is 17.6. The first-order chi connectivity index (χ1) is 9.69. The van der Waals surface area contributed by atoms with E-state index in [1.165, 1.54) is 22.1 Å². The zero-order valence-corrected chi connectivity index (χ0v) is 12.5. The summed E-state index contributed by atoms with van der Waals surface area (Å²) in [5.74, 6) is 0.161. The number of hydrogen-bond donors (Lipinski definition) is 0. The molecule has 1 aliphatic rings. The van der Waals surface area contributed by atoms with Crippen LogP contribution in [0.5, 0.6) is 0 Å². The number of carbonyl (C=O) groups excluding carboxylic acids is 1. The lowest BCUT2D eigenvalue weighted by Gasteiger charge is -2.32. The van der Waals surface area contributed by atoms with Crippen LogP contribution in [-0.4, -0.2) is 17.4 Å². The minimum Gasteiger partial charge on any atom is -0.333 e. The molecule has 0 unspecified atom stereocenters. The second-order valence-electron chi connectivity index (χ2n) is 4.82. The first-order valence-corrected chi connectivity index (χ1v) is 7.63. The number of fused-ring (bicyclic) bond motifs is 1. The Balaban J connectivity index is 2.03. The number of amides is 1. The molecule has 0 aliphatic carbocycles. The van der Waals surface area contributed by atoms with Crippen molar-refractivity contribution in [3.63, 3.8) is 0 Å². The monoisotopic (exact) mass is 303 g/mol. The second kappa shape index (κ2) is 5.43. The molecule has 0 spiro atoms. The van der Waals surface area contributed by atoms with Crippen LogP contribution in [0.1, 0.15) is 21.9 Å². The highest BCUT2D eigenvalue weighted by Crippen LogP contribution is 2.39. The molecule has 1 amide bonds. The number of thiophene rings is 1. The highest BCUT2D eigenvalue weighted by molar-refractivity contribution is 7.16. The molecular formula is C16H14ClNOS. The third-order valence-electron chi connectivity index (χ3n) is 3.61. The van der Waals surface area contributed by atoms with Gasteiger partial charge in [-0.05, 0) is 23.3 Å². The Morgan fingerprint density at radius 3 is 2.85 bits per heavy atom. The van der Waals surface area contributed by atoms with E-state index in [2.05, 4.69) is 18.7 Å². The maximum atomic E-state index is 11.9. The summed E-state index contributed by atoms with van der Waals surface area (Å²) in [6, 6.07) is 12.3. The number of benzene rings is 1. The molecule has 2 heterocycles. The Morgan fingerprint density at radius 1 is 1.40 bits per heavy atom. The average molecular weight is 304 g/mol. The highest BCUT2D eigenvalue weighted by Gasteiger charge is 2.30. The van der Waals surface area contributed by atoms with Crippen LogP contribution in [0.25, 0.3) is 0 Å². The first-order valence-electron chi connectivity index (χ1n) is 6.43. The third-order valence-corrected chi connectivity index (χ3v) is 4.88. The van der Waals surface area contributed by atoms with Crippen molar-refractivity contribution in [3.8, 4) is 0 Å². The van der Waals surface area contributed by atoms with Crippen molar-refractivity contribution >= 4 is 28.8 Å². The number of hydrogen-bond acceptors (Lipinski definition) is 2. The van der Waals surface area contributed by atoms with E-state index in [0.717, 1.165) is 4.34 Å². The van der Waals surface area contributed by atoms with E-state index in [1.54, 1.807) is 11.3 Å². The minimum atomic E-state index is -0.0268. The van der Waals surface area contributed by atoms with Gasteiger partial charge in [-0.3, -0.25) is 4.79 Å². The zero-order valence-electron chi connectivity index (χ0n) is 10.9. The summed E-state index contributed by atoms with van der Waals surface area (Å²) in [5.41, 5.74) is 2.46. The molecule has 1 aromatic heterocycles. The predicted molar refractivity (Wildman–Crippen MR) is 83.2 cm³/mol. The largest absolute Gasteiger partial charge is 0.333 e. The van der Waals surface area contributed by atoms with Gasteiger partial charge in [0.15, 0.2) is 0 Å². The van der Waals surface area contributed by atoms with Crippen molar-refractivity contribution in [2.45, 2.75) is 12.5 Å². The molecule has 2 nitrogen and oxygen atoms in total. The minimum absolute atomic E-state index is 0.0268. The van der Waals surface area contributed by atoms with Gasteiger partial charge in [0.25, 0.3) is 0 Å². The number of rotatable bonds is 2. The van der Waals surface area contributed by atoms with E-state index < -0.39 is 0 Å². The Kier molecular flexibility index (Phi) is 3.64. The smallest absolute Gasteiger partial charge is 0.246 e. The molecule has 0 fully saturated rings. The van der Waals surface area contributed by atoms with Crippen LogP contribution in [0.4, 0.5) is 0 Å². The van der Waals surface area contributed by atoms with Crippen molar-refractivity contribution in [2.75, 3.05) is 6.54 Å². The molecule has 0 N–H and O–H groups in total. The molecule has 0 radical (unpaired) electrons. The lowest BCUT2D eigenvalue weighted by Crippen LogP contribution is -2.36. The van der Waals surface area contributed by atoms with Gasteiger partial charge in [-0.1, -0.05) is 48.5 Å². The van der Waals surface area contributed by atoms with E-state index in [-0.39, 0.29) is 11.8 Å². The Labute approximate surface area is 127 Å².